The summed E-state index contributed by atoms with van der Waals surface area (Å²) in [6.07, 6.45) is 1.93. The number of benzene rings is 1. The summed E-state index contributed by atoms with van der Waals surface area (Å²) in [7, 11) is 0. The van der Waals surface area contributed by atoms with Crippen molar-refractivity contribution in [3.8, 4) is 5.69 Å². The number of nitrogens with two attached hydrogens (primary N) is 1. The van der Waals surface area contributed by atoms with Crippen LogP contribution in [0.5, 0.6) is 0 Å². The molecule has 1 aliphatic rings. The molecule has 1 fully saturated rings. The number of carbonyl (C=O) groups excluding carboxylic acids is 2. The van der Waals surface area contributed by atoms with Gasteiger partial charge in [0.15, 0.2) is 5.69 Å². The second-order valence-electron chi connectivity index (χ2n) is 5.99. The average Bonchev–Trinajstić information content (AvgIpc) is 3.03. The molecule has 2 heterocycles. The maximum atomic E-state index is 12.5. The Balaban J connectivity index is 0.00000225. The first kappa shape index (κ1) is 19.0. The molecule has 0 radical (unpaired) electrons. The van der Waals surface area contributed by atoms with Gasteiger partial charge in [-0.1, -0.05) is 18.2 Å². The van der Waals surface area contributed by atoms with Crippen LogP contribution in [0, 0.1) is 0 Å². The Morgan fingerprint density at radius 3 is 2.68 bits per heavy atom. The molecule has 1 aromatic carbocycles. The van der Waals surface area contributed by atoms with Crippen LogP contribution < -0.4 is 16.4 Å². The minimum Gasteiger partial charge on any atom is -0.364 e. The van der Waals surface area contributed by atoms with Gasteiger partial charge in [0.2, 0.25) is 0 Å². The highest BCUT2D eigenvalue weighted by atomic mass is 35.5. The van der Waals surface area contributed by atoms with E-state index >= 15 is 0 Å². The number of rotatable bonds is 4. The highest BCUT2D eigenvalue weighted by Gasteiger charge is 2.25. The van der Waals surface area contributed by atoms with Crippen LogP contribution in [-0.2, 0) is 0 Å². The summed E-state index contributed by atoms with van der Waals surface area (Å²) in [6, 6.07) is 10.8. The molecular weight excluding hydrogens is 342 g/mol. The van der Waals surface area contributed by atoms with Crippen LogP contribution in [-0.4, -0.2) is 40.2 Å². The molecule has 0 bridgehead atoms. The molecular formula is C17H22ClN5O2. The lowest BCUT2D eigenvalue weighted by Crippen LogP contribution is -2.52. The van der Waals surface area contributed by atoms with Crippen LogP contribution in [0.4, 0.5) is 0 Å². The van der Waals surface area contributed by atoms with Crippen LogP contribution in [0.15, 0.2) is 36.4 Å². The van der Waals surface area contributed by atoms with Gasteiger partial charge in [-0.05, 0) is 38.4 Å². The molecule has 0 saturated carbocycles. The molecule has 2 amide bonds. The lowest BCUT2D eigenvalue weighted by atomic mass is 10.00. The molecule has 3 rings (SSSR count). The number of piperidine rings is 1. The molecule has 1 aromatic heterocycles. The van der Waals surface area contributed by atoms with Gasteiger partial charge in [0.1, 0.15) is 5.69 Å². The van der Waals surface area contributed by atoms with Crippen molar-refractivity contribution in [3.63, 3.8) is 0 Å². The molecule has 2 atom stereocenters. The molecule has 1 saturated heterocycles. The van der Waals surface area contributed by atoms with E-state index in [2.05, 4.69) is 15.7 Å². The van der Waals surface area contributed by atoms with E-state index in [0.29, 0.717) is 5.69 Å². The molecule has 7 nitrogen and oxygen atoms in total. The predicted molar refractivity (Wildman–Crippen MR) is 97.3 cm³/mol. The SMILES string of the molecule is CC1NCCCC1NC(=O)c1cc(C(N)=O)n(-c2ccccc2)n1.Cl. The Labute approximate surface area is 152 Å². The molecule has 134 valence electrons. The second-order valence-corrected chi connectivity index (χ2v) is 5.99. The number of hydrogen-bond donors (Lipinski definition) is 3. The maximum Gasteiger partial charge on any atom is 0.272 e. The first-order valence-electron chi connectivity index (χ1n) is 8.06. The fraction of sp³-hybridized carbons (Fsp3) is 0.353. The fourth-order valence-corrected chi connectivity index (χ4v) is 2.92. The van der Waals surface area contributed by atoms with Gasteiger partial charge in [-0.15, -0.1) is 12.4 Å². The number of aromatic nitrogens is 2. The summed E-state index contributed by atoms with van der Waals surface area (Å²) >= 11 is 0. The van der Waals surface area contributed by atoms with E-state index in [-0.39, 0.29) is 41.8 Å². The number of para-hydroxylation sites is 1. The van der Waals surface area contributed by atoms with E-state index in [4.69, 9.17) is 5.73 Å². The van der Waals surface area contributed by atoms with Crippen LogP contribution in [0.1, 0.15) is 40.7 Å². The zero-order valence-electron chi connectivity index (χ0n) is 13.9. The average molecular weight is 364 g/mol. The first-order valence-corrected chi connectivity index (χ1v) is 8.06. The third-order valence-corrected chi connectivity index (χ3v) is 4.27. The van der Waals surface area contributed by atoms with Crippen molar-refractivity contribution in [1.82, 2.24) is 20.4 Å². The number of hydrogen-bond acceptors (Lipinski definition) is 4. The molecule has 8 heteroatoms. The molecule has 2 aromatic rings. The van der Waals surface area contributed by atoms with E-state index in [1.54, 1.807) is 12.1 Å². The first-order chi connectivity index (χ1) is 11.6. The predicted octanol–water partition coefficient (Wildman–Crippen LogP) is 1.26. The summed E-state index contributed by atoms with van der Waals surface area (Å²) in [4.78, 5) is 24.2. The van der Waals surface area contributed by atoms with Crippen LogP contribution in [0.25, 0.3) is 5.69 Å². The highest BCUT2D eigenvalue weighted by molar-refractivity contribution is 5.97. The second kappa shape index (κ2) is 8.13. The van der Waals surface area contributed by atoms with E-state index in [9.17, 15) is 9.59 Å². The van der Waals surface area contributed by atoms with Crippen LogP contribution in [0.2, 0.25) is 0 Å². The third-order valence-electron chi connectivity index (χ3n) is 4.27. The molecule has 25 heavy (non-hydrogen) atoms. The number of primary amides is 1. The van der Waals surface area contributed by atoms with Crippen LogP contribution in [0.3, 0.4) is 0 Å². The standard InChI is InChI=1S/C17H21N5O2.ClH/c1-11-13(8-5-9-19-11)20-17(24)14-10-15(16(18)23)22(21-14)12-6-3-2-4-7-12;/h2-4,6-7,10-11,13,19H,5,8-9H2,1H3,(H2,18,23)(H,20,24);1H. The van der Waals surface area contributed by atoms with E-state index in [1.165, 1.54) is 10.7 Å². The van der Waals surface area contributed by atoms with Crippen molar-refractivity contribution in [2.45, 2.75) is 31.8 Å². The smallest absolute Gasteiger partial charge is 0.272 e. The zero-order valence-corrected chi connectivity index (χ0v) is 14.8. The topological polar surface area (TPSA) is 102 Å². The minimum atomic E-state index is -0.627. The van der Waals surface area contributed by atoms with Crippen molar-refractivity contribution >= 4 is 24.2 Å². The Morgan fingerprint density at radius 1 is 1.32 bits per heavy atom. The third kappa shape index (κ3) is 4.18. The number of amides is 2. The molecule has 1 aliphatic heterocycles. The highest BCUT2D eigenvalue weighted by Crippen LogP contribution is 2.14. The monoisotopic (exact) mass is 363 g/mol. The zero-order chi connectivity index (χ0) is 17.1. The van der Waals surface area contributed by atoms with Gasteiger partial charge in [0, 0.05) is 18.2 Å². The van der Waals surface area contributed by atoms with Crippen molar-refractivity contribution in [1.29, 1.82) is 0 Å². The molecule has 2 unspecified atom stereocenters. The quantitative estimate of drug-likeness (QED) is 0.761. The van der Waals surface area contributed by atoms with Gasteiger partial charge < -0.3 is 16.4 Å². The van der Waals surface area contributed by atoms with Gasteiger partial charge in [0.25, 0.3) is 11.8 Å². The van der Waals surface area contributed by atoms with E-state index < -0.39 is 5.91 Å². The Hall–Kier alpha value is -2.38. The van der Waals surface area contributed by atoms with Crippen LogP contribution >= 0.6 is 12.4 Å². The summed E-state index contributed by atoms with van der Waals surface area (Å²) < 4.78 is 1.40. The van der Waals surface area contributed by atoms with Gasteiger partial charge in [0.05, 0.1) is 5.69 Å². The van der Waals surface area contributed by atoms with E-state index in [1.807, 2.05) is 25.1 Å². The number of halogens is 1. The Morgan fingerprint density at radius 2 is 2.04 bits per heavy atom. The van der Waals surface area contributed by atoms with Crippen molar-refractivity contribution < 1.29 is 9.59 Å². The summed E-state index contributed by atoms with van der Waals surface area (Å²) in [5.74, 6) is -0.925. The largest absolute Gasteiger partial charge is 0.364 e. The Kier molecular flexibility index (Phi) is 6.17. The normalized spacial score (nSPS) is 19.7. The van der Waals surface area contributed by atoms with Crippen molar-refractivity contribution in [3.05, 3.63) is 47.8 Å². The number of carbonyl (C=O) groups is 2. The number of nitrogens with one attached hydrogen (secondary N) is 2. The van der Waals surface area contributed by atoms with Gasteiger partial charge in [-0.3, -0.25) is 9.59 Å². The Bertz CT molecular complexity index is 747. The fourth-order valence-electron chi connectivity index (χ4n) is 2.92. The summed E-state index contributed by atoms with van der Waals surface area (Å²) in [6.45, 7) is 3.00. The maximum absolute atomic E-state index is 12.5. The van der Waals surface area contributed by atoms with Gasteiger partial charge >= 0.3 is 0 Å². The molecule has 0 aliphatic carbocycles. The van der Waals surface area contributed by atoms with Gasteiger partial charge in [-0.2, -0.15) is 5.10 Å². The molecule has 0 spiro atoms. The van der Waals surface area contributed by atoms with E-state index in [0.717, 1.165) is 19.4 Å². The van der Waals surface area contributed by atoms with Gasteiger partial charge in [-0.25, -0.2) is 4.68 Å². The van der Waals surface area contributed by atoms with Crippen molar-refractivity contribution in [2.24, 2.45) is 5.73 Å². The number of nitrogens with zero attached hydrogens (tertiary/aromatic N) is 2. The summed E-state index contributed by atoms with van der Waals surface area (Å²) in [5.41, 5.74) is 6.48. The molecule has 4 N–H and O–H groups in total. The summed E-state index contributed by atoms with van der Waals surface area (Å²) in [5, 5.41) is 10.6. The van der Waals surface area contributed by atoms with Crippen molar-refractivity contribution in [2.75, 3.05) is 6.54 Å². The minimum absolute atomic E-state index is 0. The lowest BCUT2D eigenvalue weighted by Gasteiger charge is -2.30. The lowest BCUT2D eigenvalue weighted by molar-refractivity contribution is 0.0913.